The van der Waals surface area contributed by atoms with Gasteiger partial charge in [-0.05, 0) is 37.6 Å². The molecule has 21 heavy (non-hydrogen) atoms. The molecule has 0 bridgehead atoms. The first-order valence-electron chi connectivity index (χ1n) is 6.21. The molecule has 2 rings (SSSR count). The topological polar surface area (TPSA) is 68.3 Å². The maximum Gasteiger partial charge on any atom is 0.187 e. The van der Waals surface area contributed by atoms with Gasteiger partial charge in [0.1, 0.15) is 5.75 Å². The van der Waals surface area contributed by atoms with Crippen LogP contribution in [0, 0.1) is 19.6 Å². The van der Waals surface area contributed by atoms with Crippen LogP contribution in [0.3, 0.4) is 0 Å². The highest BCUT2D eigenvalue weighted by Crippen LogP contribution is 2.23. The highest BCUT2D eigenvalue weighted by atomic mass is 32.2. The first-order valence-corrected chi connectivity index (χ1v) is 8.93. The van der Waals surface area contributed by atoms with Gasteiger partial charge in [0.25, 0.3) is 0 Å². The van der Waals surface area contributed by atoms with E-state index in [4.69, 9.17) is 0 Å². The Morgan fingerprint density at radius 1 is 0.905 bits per heavy atom. The Hall–Kier alpha value is -1.66. The van der Waals surface area contributed by atoms with Crippen LogP contribution in [-0.2, 0) is 20.5 Å². The first-order chi connectivity index (χ1) is 9.79. The molecule has 0 aliphatic carbocycles. The Labute approximate surface area is 126 Å². The standard InChI is InChI=1S/C15H15O4S2/c1-11-3-6-14(7-4-11)21(18,19)10-13-9-12(2)5-8-15(13)20(16)17/h3-10,20H,1-2H3. The van der Waals surface area contributed by atoms with Crippen LogP contribution in [0.2, 0.25) is 0 Å². The number of hydrogen-bond donors (Lipinski definition) is 1. The lowest BCUT2D eigenvalue weighted by molar-refractivity contribution is 0.602. The van der Waals surface area contributed by atoms with Crippen molar-refractivity contribution in [2.75, 3.05) is 0 Å². The molecule has 6 heteroatoms. The normalized spacial score (nSPS) is 11.8. The Morgan fingerprint density at radius 3 is 2.05 bits per heavy atom. The predicted molar refractivity (Wildman–Crippen MR) is 81.5 cm³/mol. The van der Waals surface area contributed by atoms with Gasteiger partial charge >= 0.3 is 0 Å². The summed E-state index contributed by atoms with van der Waals surface area (Å²) >= 11 is 0. The molecule has 0 aliphatic heterocycles. The molecule has 2 aromatic rings. The minimum atomic E-state index is -3.70. The van der Waals surface area contributed by atoms with E-state index in [0.717, 1.165) is 16.9 Å². The molecule has 0 unspecified atom stereocenters. The summed E-state index contributed by atoms with van der Waals surface area (Å²) in [5, 5.41) is 0. The number of rotatable bonds is 4. The summed E-state index contributed by atoms with van der Waals surface area (Å²) in [5.74, 6) is 1.01. The first kappa shape index (κ1) is 15.7. The summed E-state index contributed by atoms with van der Waals surface area (Å²) in [5.41, 5.74) is 1.93. The van der Waals surface area contributed by atoms with Crippen LogP contribution in [0.15, 0.2) is 52.3 Å². The van der Waals surface area contributed by atoms with E-state index >= 15 is 0 Å². The zero-order valence-electron chi connectivity index (χ0n) is 11.6. The van der Waals surface area contributed by atoms with E-state index < -0.39 is 20.5 Å². The van der Waals surface area contributed by atoms with Crippen molar-refractivity contribution in [1.82, 2.24) is 0 Å². The molecule has 2 aromatic carbocycles. The third-order valence-corrected chi connectivity index (χ3v) is 5.31. The number of aryl methyl sites for hydroxylation is 2. The summed E-state index contributed by atoms with van der Waals surface area (Å²) in [4.78, 5) is 0.146. The van der Waals surface area contributed by atoms with E-state index in [0.29, 0.717) is 0 Å². The van der Waals surface area contributed by atoms with Gasteiger partial charge in [0.15, 0.2) is 20.5 Å². The molecule has 4 nitrogen and oxygen atoms in total. The van der Waals surface area contributed by atoms with E-state index in [1.165, 1.54) is 18.2 Å². The smallest absolute Gasteiger partial charge is 0.187 e. The zero-order valence-corrected chi connectivity index (χ0v) is 13.3. The second-order valence-corrected chi connectivity index (χ2v) is 7.59. The van der Waals surface area contributed by atoms with E-state index in [9.17, 15) is 16.8 Å². The monoisotopic (exact) mass is 323 g/mol. The lowest BCUT2D eigenvalue weighted by Gasteiger charge is -2.07. The molecular formula is C15H15O4S2. The Balaban J connectivity index is 2.46. The van der Waals surface area contributed by atoms with E-state index in [2.05, 4.69) is 0 Å². The molecule has 0 N–H and O–H groups in total. The number of benzene rings is 2. The molecule has 0 atom stereocenters. The van der Waals surface area contributed by atoms with Crippen LogP contribution in [0.5, 0.6) is 0 Å². The van der Waals surface area contributed by atoms with E-state index in [1.807, 2.05) is 6.92 Å². The van der Waals surface area contributed by atoms with Gasteiger partial charge in [-0.15, -0.1) is 0 Å². The van der Waals surface area contributed by atoms with Gasteiger partial charge < -0.3 is 0 Å². The molecule has 1 radical (unpaired) electrons. The van der Waals surface area contributed by atoms with Crippen molar-refractivity contribution in [3.05, 3.63) is 64.9 Å². The largest absolute Gasteiger partial charge is 0.227 e. The molecule has 0 heterocycles. The summed E-state index contributed by atoms with van der Waals surface area (Å²) < 4.78 is 47.1. The lowest BCUT2D eigenvalue weighted by Crippen LogP contribution is -2.05. The maximum absolute atomic E-state index is 12.3. The molecule has 0 aliphatic rings. The highest BCUT2D eigenvalue weighted by molar-refractivity contribution is 7.93. The molecule has 0 saturated carbocycles. The summed E-state index contributed by atoms with van der Waals surface area (Å²) in [7, 11) is -6.55. The van der Waals surface area contributed by atoms with Crippen molar-refractivity contribution in [3.63, 3.8) is 0 Å². The number of hydrogen-bond acceptors (Lipinski definition) is 4. The molecule has 0 aromatic heterocycles. The van der Waals surface area contributed by atoms with Crippen LogP contribution < -0.4 is 0 Å². The molecule has 0 spiro atoms. The number of thiol groups is 1. The third-order valence-electron chi connectivity index (χ3n) is 3.01. The average molecular weight is 323 g/mol. The summed E-state index contributed by atoms with van der Waals surface area (Å²) in [6.45, 7) is 3.64. The summed E-state index contributed by atoms with van der Waals surface area (Å²) in [6, 6.07) is 11.0. The van der Waals surface area contributed by atoms with Crippen LogP contribution in [0.4, 0.5) is 0 Å². The Kier molecular flexibility index (Phi) is 4.49. The van der Waals surface area contributed by atoms with Crippen molar-refractivity contribution in [1.29, 1.82) is 0 Å². The van der Waals surface area contributed by atoms with Gasteiger partial charge in [0.05, 0.1) is 9.79 Å². The Bertz CT molecular complexity index is 824. The molecule has 111 valence electrons. The van der Waals surface area contributed by atoms with Crippen LogP contribution >= 0.6 is 0 Å². The fourth-order valence-electron chi connectivity index (χ4n) is 1.90. The van der Waals surface area contributed by atoms with Crippen molar-refractivity contribution in [3.8, 4) is 0 Å². The van der Waals surface area contributed by atoms with Gasteiger partial charge in [-0.25, -0.2) is 16.8 Å². The third kappa shape index (κ3) is 3.71. The van der Waals surface area contributed by atoms with Gasteiger partial charge in [0, 0.05) is 0 Å². The lowest BCUT2D eigenvalue weighted by atomic mass is 10.2. The van der Waals surface area contributed by atoms with Gasteiger partial charge in [-0.1, -0.05) is 35.4 Å². The van der Waals surface area contributed by atoms with Crippen LogP contribution in [0.25, 0.3) is 0 Å². The number of sulfone groups is 1. The quantitative estimate of drug-likeness (QED) is 0.876. The minimum Gasteiger partial charge on any atom is -0.227 e. The highest BCUT2D eigenvalue weighted by Gasteiger charge is 2.19. The SMILES string of the molecule is Cc1ccc(S(=O)(=O)[CH]c2cc(C)ccc2[SH](=O)=O)cc1. The minimum absolute atomic E-state index is 0.00582. The van der Waals surface area contributed by atoms with Crippen LogP contribution in [0.1, 0.15) is 16.7 Å². The fraction of sp³-hybridized carbons (Fsp3) is 0.133. The molecular weight excluding hydrogens is 308 g/mol. The van der Waals surface area contributed by atoms with E-state index in [1.54, 1.807) is 31.2 Å². The van der Waals surface area contributed by atoms with Gasteiger partial charge in [-0.2, -0.15) is 0 Å². The maximum atomic E-state index is 12.3. The van der Waals surface area contributed by atoms with Crippen molar-refractivity contribution >= 4 is 20.5 Å². The Morgan fingerprint density at radius 2 is 1.48 bits per heavy atom. The summed E-state index contributed by atoms with van der Waals surface area (Å²) in [6.07, 6.45) is 0. The second-order valence-electron chi connectivity index (χ2n) is 4.80. The van der Waals surface area contributed by atoms with E-state index in [-0.39, 0.29) is 15.4 Å². The van der Waals surface area contributed by atoms with Crippen molar-refractivity contribution in [2.24, 2.45) is 0 Å². The van der Waals surface area contributed by atoms with Gasteiger partial charge in [-0.3, -0.25) is 0 Å². The van der Waals surface area contributed by atoms with Crippen LogP contribution in [-0.4, -0.2) is 16.8 Å². The molecule has 0 fully saturated rings. The van der Waals surface area contributed by atoms with Crippen molar-refractivity contribution < 1.29 is 16.8 Å². The van der Waals surface area contributed by atoms with Gasteiger partial charge in [0.2, 0.25) is 0 Å². The average Bonchev–Trinajstić information content (AvgIpc) is 2.38. The molecule has 0 amide bonds. The zero-order chi connectivity index (χ0) is 15.6. The molecule has 0 saturated heterocycles. The fourth-order valence-corrected chi connectivity index (χ4v) is 3.70. The predicted octanol–water partition coefficient (Wildman–Crippen LogP) is 2.26. The van der Waals surface area contributed by atoms with Crippen molar-refractivity contribution in [2.45, 2.75) is 23.6 Å². The second kappa shape index (κ2) is 5.99.